The van der Waals surface area contributed by atoms with Crippen LogP contribution in [-0.2, 0) is 14.8 Å². The number of hydrogen-bond acceptors (Lipinski definition) is 7. The molecule has 0 aliphatic rings. The number of amides is 1. The van der Waals surface area contributed by atoms with Gasteiger partial charge in [0.15, 0.2) is 5.13 Å². The quantitative estimate of drug-likeness (QED) is 0.355. The smallest absolute Gasteiger partial charge is 0.338 e. The number of para-hydroxylation sites is 1. The lowest BCUT2D eigenvalue weighted by atomic mass is 10.2. The molecule has 174 valence electrons. The van der Waals surface area contributed by atoms with E-state index < -0.39 is 21.9 Å². The zero-order valence-electron chi connectivity index (χ0n) is 18.4. The SMILES string of the molecule is CCOC(=O)c1ccc2nc(NC(=O)c3ccccc3NS(=O)(=O)c3ccc(C)cc3)sc2c1. The summed E-state index contributed by atoms with van der Waals surface area (Å²) in [4.78, 5) is 29.4. The highest BCUT2D eigenvalue weighted by Crippen LogP contribution is 2.28. The first-order valence-corrected chi connectivity index (χ1v) is 12.6. The molecule has 1 heterocycles. The summed E-state index contributed by atoms with van der Waals surface area (Å²) in [6, 6.07) is 17.7. The zero-order valence-corrected chi connectivity index (χ0v) is 20.0. The Morgan fingerprint density at radius 3 is 2.50 bits per heavy atom. The van der Waals surface area contributed by atoms with Crippen LogP contribution in [-0.4, -0.2) is 31.9 Å². The average molecular weight is 496 g/mol. The van der Waals surface area contributed by atoms with Gasteiger partial charge in [0.2, 0.25) is 0 Å². The molecule has 0 atom stereocenters. The van der Waals surface area contributed by atoms with E-state index in [0.717, 1.165) is 5.56 Å². The molecule has 34 heavy (non-hydrogen) atoms. The zero-order chi connectivity index (χ0) is 24.3. The summed E-state index contributed by atoms with van der Waals surface area (Å²) in [7, 11) is -3.88. The number of hydrogen-bond donors (Lipinski definition) is 2. The first-order valence-electron chi connectivity index (χ1n) is 10.3. The monoisotopic (exact) mass is 495 g/mol. The number of anilines is 2. The molecule has 10 heteroatoms. The van der Waals surface area contributed by atoms with Crippen molar-refractivity contribution in [3.63, 3.8) is 0 Å². The van der Waals surface area contributed by atoms with Crippen molar-refractivity contribution < 1.29 is 22.7 Å². The van der Waals surface area contributed by atoms with Gasteiger partial charge in [-0.3, -0.25) is 14.8 Å². The van der Waals surface area contributed by atoms with Gasteiger partial charge in [0.05, 0.1) is 38.5 Å². The molecule has 0 bridgehead atoms. The van der Waals surface area contributed by atoms with Crippen molar-refractivity contribution >= 4 is 54.3 Å². The normalized spacial score (nSPS) is 11.2. The molecule has 0 unspecified atom stereocenters. The Kier molecular flexibility index (Phi) is 6.62. The van der Waals surface area contributed by atoms with Crippen LogP contribution in [0.25, 0.3) is 10.2 Å². The Labute approximate surface area is 200 Å². The lowest BCUT2D eigenvalue weighted by molar-refractivity contribution is 0.0526. The van der Waals surface area contributed by atoms with Crippen LogP contribution in [0.4, 0.5) is 10.8 Å². The van der Waals surface area contributed by atoms with Crippen LogP contribution < -0.4 is 10.0 Å². The molecule has 8 nitrogen and oxygen atoms in total. The third-order valence-corrected chi connectivity index (χ3v) is 7.18. The molecule has 0 aliphatic heterocycles. The fourth-order valence-corrected chi connectivity index (χ4v) is 5.16. The van der Waals surface area contributed by atoms with E-state index in [0.29, 0.717) is 20.9 Å². The van der Waals surface area contributed by atoms with Crippen molar-refractivity contribution in [3.05, 3.63) is 83.4 Å². The number of carbonyl (C=O) groups excluding carboxylic acids is 2. The molecule has 0 fully saturated rings. The van der Waals surface area contributed by atoms with E-state index in [4.69, 9.17) is 4.74 Å². The second-order valence-corrected chi connectivity index (χ2v) is 10.1. The van der Waals surface area contributed by atoms with E-state index >= 15 is 0 Å². The molecular weight excluding hydrogens is 474 g/mol. The number of aromatic nitrogens is 1. The molecule has 0 radical (unpaired) electrons. The Morgan fingerprint density at radius 2 is 1.76 bits per heavy atom. The molecule has 0 spiro atoms. The van der Waals surface area contributed by atoms with Gasteiger partial charge in [-0.1, -0.05) is 41.2 Å². The van der Waals surface area contributed by atoms with E-state index in [2.05, 4.69) is 15.0 Å². The van der Waals surface area contributed by atoms with Crippen LogP contribution in [0, 0.1) is 6.92 Å². The Bertz CT molecular complexity index is 1480. The van der Waals surface area contributed by atoms with Gasteiger partial charge < -0.3 is 4.74 Å². The van der Waals surface area contributed by atoms with Gasteiger partial charge in [0, 0.05) is 0 Å². The fraction of sp³-hybridized carbons (Fsp3) is 0.125. The summed E-state index contributed by atoms with van der Waals surface area (Å²) in [5, 5.41) is 3.03. The summed E-state index contributed by atoms with van der Waals surface area (Å²) in [6.45, 7) is 3.87. The molecule has 1 aromatic heterocycles. The van der Waals surface area contributed by atoms with Crippen LogP contribution >= 0.6 is 11.3 Å². The van der Waals surface area contributed by atoms with Crippen LogP contribution in [0.3, 0.4) is 0 Å². The molecule has 1 amide bonds. The van der Waals surface area contributed by atoms with Gasteiger partial charge in [-0.2, -0.15) is 0 Å². The fourth-order valence-electron chi connectivity index (χ4n) is 3.18. The number of fused-ring (bicyclic) bond motifs is 1. The number of nitrogens with one attached hydrogen (secondary N) is 2. The van der Waals surface area contributed by atoms with Crippen LogP contribution in [0.1, 0.15) is 33.2 Å². The second kappa shape index (κ2) is 9.62. The molecule has 0 aliphatic carbocycles. The van der Waals surface area contributed by atoms with Gasteiger partial charge in [0.25, 0.3) is 15.9 Å². The second-order valence-electron chi connectivity index (χ2n) is 7.34. The molecule has 0 saturated carbocycles. The van der Waals surface area contributed by atoms with E-state index in [1.165, 1.54) is 35.6 Å². The van der Waals surface area contributed by atoms with E-state index in [1.807, 2.05) is 6.92 Å². The summed E-state index contributed by atoms with van der Waals surface area (Å²) in [6.07, 6.45) is 0. The van der Waals surface area contributed by atoms with Gasteiger partial charge in [-0.15, -0.1) is 0 Å². The standard InChI is InChI=1S/C24H21N3O5S2/c1-3-32-23(29)16-10-13-20-21(14-16)33-24(25-20)26-22(28)18-6-4-5-7-19(18)27-34(30,31)17-11-8-15(2)9-12-17/h4-14,27H,3H2,1-2H3,(H,25,26,28). The van der Waals surface area contributed by atoms with Gasteiger partial charge in [0.1, 0.15) is 0 Å². The van der Waals surface area contributed by atoms with E-state index in [-0.39, 0.29) is 22.8 Å². The maximum absolute atomic E-state index is 13.0. The number of nitrogens with zero attached hydrogens (tertiary/aromatic N) is 1. The Hall–Kier alpha value is -3.76. The minimum absolute atomic E-state index is 0.0943. The molecule has 4 rings (SSSR count). The van der Waals surface area contributed by atoms with E-state index in [1.54, 1.807) is 49.4 Å². The predicted molar refractivity (Wildman–Crippen MR) is 132 cm³/mol. The first kappa shape index (κ1) is 23.4. The highest BCUT2D eigenvalue weighted by atomic mass is 32.2. The third kappa shape index (κ3) is 5.08. The molecule has 2 N–H and O–H groups in total. The minimum atomic E-state index is -3.88. The number of carbonyl (C=O) groups is 2. The number of sulfonamides is 1. The Morgan fingerprint density at radius 1 is 1.03 bits per heavy atom. The van der Waals surface area contributed by atoms with Crippen LogP contribution in [0.2, 0.25) is 0 Å². The third-order valence-electron chi connectivity index (χ3n) is 4.87. The van der Waals surface area contributed by atoms with Crippen molar-refractivity contribution in [2.24, 2.45) is 0 Å². The highest BCUT2D eigenvalue weighted by molar-refractivity contribution is 7.92. The molecule has 4 aromatic rings. The van der Waals surface area contributed by atoms with Crippen LogP contribution in [0.15, 0.2) is 71.6 Å². The molecular formula is C24H21N3O5S2. The summed E-state index contributed by atoms with van der Waals surface area (Å²) >= 11 is 1.20. The number of esters is 1. The number of aryl methyl sites for hydroxylation is 1. The minimum Gasteiger partial charge on any atom is -0.462 e. The Balaban J connectivity index is 1.57. The van der Waals surface area contributed by atoms with Crippen molar-refractivity contribution in [2.45, 2.75) is 18.7 Å². The lowest BCUT2D eigenvalue weighted by Gasteiger charge is -2.12. The van der Waals surface area contributed by atoms with Gasteiger partial charge in [-0.05, 0) is 56.3 Å². The van der Waals surface area contributed by atoms with Crippen molar-refractivity contribution in [1.82, 2.24) is 4.98 Å². The summed E-state index contributed by atoms with van der Waals surface area (Å²) in [5.41, 5.74) is 2.23. The number of thiazole rings is 1. The first-order chi connectivity index (χ1) is 16.3. The average Bonchev–Trinajstić information content (AvgIpc) is 3.21. The largest absolute Gasteiger partial charge is 0.462 e. The maximum Gasteiger partial charge on any atom is 0.338 e. The highest BCUT2D eigenvalue weighted by Gasteiger charge is 2.20. The van der Waals surface area contributed by atoms with Crippen molar-refractivity contribution in [3.8, 4) is 0 Å². The number of ether oxygens (including phenoxy) is 1. The number of rotatable bonds is 7. The van der Waals surface area contributed by atoms with Gasteiger partial charge in [-0.25, -0.2) is 18.2 Å². The predicted octanol–water partition coefficient (Wildman–Crippen LogP) is 4.83. The van der Waals surface area contributed by atoms with Crippen molar-refractivity contribution in [2.75, 3.05) is 16.6 Å². The summed E-state index contributed by atoms with van der Waals surface area (Å²) < 4.78 is 33.8. The maximum atomic E-state index is 13.0. The van der Waals surface area contributed by atoms with Gasteiger partial charge >= 0.3 is 5.97 Å². The van der Waals surface area contributed by atoms with Crippen molar-refractivity contribution in [1.29, 1.82) is 0 Å². The topological polar surface area (TPSA) is 114 Å². The molecule has 0 saturated heterocycles. The molecule has 3 aromatic carbocycles. The van der Waals surface area contributed by atoms with E-state index in [9.17, 15) is 18.0 Å². The number of benzene rings is 3. The lowest BCUT2D eigenvalue weighted by Crippen LogP contribution is -2.18. The summed E-state index contributed by atoms with van der Waals surface area (Å²) in [5.74, 6) is -0.954. The van der Waals surface area contributed by atoms with Crippen LogP contribution in [0.5, 0.6) is 0 Å².